The van der Waals surface area contributed by atoms with Crippen LogP contribution in [0.2, 0.25) is 0 Å². The van der Waals surface area contributed by atoms with Gasteiger partial charge in [-0.15, -0.1) is 0 Å². The average molecular weight is 311 g/mol. The van der Waals surface area contributed by atoms with Gasteiger partial charge in [0.25, 0.3) is 0 Å². The van der Waals surface area contributed by atoms with E-state index in [4.69, 9.17) is 0 Å². The SMILES string of the molecule is C[N+]1(C)CCCCCCCCCCCCCCCCCCC1. The first-order chi connectivity index (χ1) is 10.7. The standard InChI is InChI=1S/C21H44N/c1-22(2)20-18-16-14-12-10-8-6-4-3-5-7-9-11-13-15-17-19-21-22/h3-21H2,1-2H3/q+1. The van der Waals surface area contributed by atoms with E-state index >= 15 is 0 Å². The smallest absolute Gasteiger partial charge is 0.0782 e. The summed E-state index contributed by atoms with van der Waals surface area (Å²) in [5.41, 5.74) is 0. The first kappa shape index (κ1) is 20.0. The molecule has 1 nitrogen and oxygen atoms in total. The van der Waals surface area contributed by atoms with Gasteiger partial charge in [0, 0.05) is 0 Å². The number of quaternary nitrogens is 1. The Bertz CT molecular complexity index is 212. The lowest BCUT2D eigenvalue weighted by Crippen LogP contribution is -2.41. The number of nitrogens with zero attached hydrogens (tertiary/aromatic N) is 1. The van der Waals surface area contributed by atoms with Gasteiger partial charge in [0.1, 0.15) is 0 Å². The van der Waals surface area contributed by atoms with E-state index in [1.54, 1.807) is 0 Å². The predicted molar refractivity (Wildman–Crippen MR) is 100 cm³/mol. The minimum absolute atomic E-state index is 1.25. The van der Waals surface area contributed by atoms with E-state index in [0.29, 0.717) is 0 Å². The Morgan fingerprint density at radius 3 is 0.727 bits per heavy atom. The van der Waals surface area contributed by atoms with Crippen molar-refractivity contribution in [3.8, 4) is 0 Å². The third kappa shape index (κ3) is 12.5. The van der Waals surface area contributed by atoms with Crippen LogP contribution in [-0.2, 0) is 0 Å². The minimum Gasteiger partial charge on any atom is -0.328 e. The monoisotopic (exact) mass is 310 g/mol. The van der Waals surface area contributed by atoms with Gasteiger partial charge >= 0.3 is 0 Å². The van der Waals surface area contributed by atoms with Crippen molar-refractivity contribution in [2.75, 3.05) is 27.2 Å². The van der Waals surface area contributed by atoms with Crippen LogP contribution in [0.1, 0.15) is 109 Å². The van der Waals surface area contributed by atoms with Gasteiger partial charge in [-0.1, -0.05) is 83.5 Å². The van der Waals surface area contributed by atoms with Crippen LogP contribution in [0.4, 0.5) is 0 Å². The Balaban J connectivity index is 2.17. The molecule has 0 radical (unpaired) electrons. The second kappa shape index (κ2) is 13.4. The third-order valence-corrected chi connectivity index (χ3v) is 5.53. The van der Waals surface area contributed by atoms with E-state index in [9.17, 15) is 0 Å². The molecule has 1 heterocycles. The van der Waals surface area contributed by atoms with Crippen molar-refractivity contribution in [2.45, 2.75) is 109 Å². The molecule has 0 saturated carbocycles. The van der Waals surface area contributed by atoms with Gasteiger partial charge in [-0.05, 0) is 25.7 Å². The van der Waals surface area contributed by atoms with Gasteiger partial charge in [0.15, 0.2) is 0 Å². The molecule has 1 aliphatic heterocycles. The molecule has 1 fully saturated rings. The normalized spacial score (nSPS) is 25.4. The van der Waals surface area contributed by atoms with E-state index in [0.717, 1.165) is 0 Å². The molecule has 1 saturated heterocycles. The lowest BCUT2D eigenvalue weighted by atomic mass is 10.0. The highest BCUT2D eigenvalue weighted by Gasteiger charge is 2.13. The van der Waals surface area contributed by atoms with Crippen LogP contribution in [0.15, 0.2) is 0 Å². The van der Waals surface area contributed by atoms with E-state index in [2.05, 4.69) is 14.1 Å². The Hall–Kier alpha value is -0.0400. The maximum absolute atomic E-state index is 2.44. The molecule has 22 heavy (non-hydrogen) atoms. The summed E-state index contributed by atoms with van der Waals surface area (Å²) < 4.78 is 1.25. The van der Waals surface area contributed by atoms with Gasteiger partial charge in [-0.2, -0.15) is 0 Å². The molecule has 0 aromatic carbocycles. The number of hydrogen-bond acceptors (Lipinski definition) is 0. The van der Waals surface area contributed by atoms with Crippen molar-refractivity contribution in [1.82, 2.24) is 0 Å². The summed E-state index contributed by atoms with van der Waals surface area (Å²) in [6.45, 7) is 2.78. The summed E-state index contributed by atoms with van der Waals surface area (Å²) in [6.07, 6.45) is 25.1. The maximum atomic E-state index is 2.44. The molecule has 132 valence electrons. The molecule has 1 aliphatic rings. The van der Waals surface area contributed by atoms with Crippen LogP contribution in [-0.4, -0.2) is 31.7 Å². The molecule has 0 aliphatic carbocycles. The van der Waals surface area contributed by atoms with E-state index < -0.39 is 0 Å². The average Bonchev–Trinajstić information content (AvgIpc) is 2.48. The fraction of sp³-hybridized carbons (Fsp3) is 1.00. The van der Waals surface area contributed by atoms with Crippen molar-refractivity contribution < 1.29 is 4.48 Å². The summed E-state index contributed by atoms with van der Waals surface area (Å²) in [4.78, 5) is 0. The van der Waals surface area contributed by atoms with Crippen LogP contribution < -0.4 is 0 Å². The molecule has 0 aromatic rings. The molecule has 1 rings (SSSR count). The third-order valence-electron chi connectivity index (χ3n) is 5.53. The maximum Gasteiger partial charge on any atom is 0.0782 e. The second-order valence-electron chi connectivity index (χ2n) is 8.39. The van der Waals surface area contributed by atoms with Crippen LogP contribution in [0.3, 0.4) is 0 Å². The quantitative estimate of drug-likeness (QED) is 0.436. The molecular weight excluding hydrogens is 266 g/mol. The van der Waals surface area contributed by atoms with Gasteiger partial charge in [0.05, 0.1) is 27.2 Å². The number of rotatable bonds is 0. The topological polar surface area (TPSA) is 0 Å². The van der Waals surface area contributed by atoms with Crippen LogP contribution in [0.5, 0.6) is 0 Å². The highest BCUT2D eigenvalue weighted by atomic mass is 15.3. The molecular formula is C21H44N+. The summed E-state index contributed by atoms with van der Waals surface area (Å²) in [7, 11) is 4.87. The van der Waals surface area contributed by atoms with E-state index in [1.807, 2.05) is 0 Å². The van der Waals surface area contributed by atoms with Crippen molar-refractivity contribution >= 4 is 0 Å². The highest BCUT2D eigenvalue weighted by Crippen LogP contribution is 2.15. The summed E-state index contributed by atoms with van der Waals surface area (Å²) >= 11 is 0. The molecule has 1 heteroatoms. The van der Waals surface area contributed by atoms with Crippen molar-refractivity contribution in [3.63, 3.8) is 0 Å². The zero-order valence-electron chi connectivity index (χ0n) is 15.9. The number of hydrogen-bond donors (Lipinski definition) is 0. The molecule has 0 spiro atoms. The zero-order valence-corrected chi connectivity index (χ0v) is 15.9. The molecule has 0 aromatic heterocycles. The first-order valence-corrected chi connectivity index (χ1v) is 10.5. The molecule has 0 bridgehead atoms. The van der Waals surface area contributed by atoms with Gasteiger partial charge < -0.3 is 4.48 Å². The highest BCUT2D eigenvalue weighted by molar-refractivity contribution is 4.51. The summed E-state index contributed by atoms with van der Waals surface area (Å²) in [5.74, 6) is 0. The van der Waals surface area contributed by atoms with Crippen molar-refractivity contribution in [1.29, 1.82) is 0 Å². The predicted octanol–water partition coefficient (Wildman–Crippen LogP) is 6.71. The summed E-state index contributed by atoms with van der Waals surface area (Å²) in [5, 5.41) is 0. The van der Waals surface area contributed by atoms with Crippen LogP contribution >= 0.6 is 0 Å². The first-order valence-electron chi connectivity index (χ1n) is 10.5. The fourth-order valence-corrected chi connectivity index (χ4v) is 3.84. The summed E-state index contributed by atoms with van der Waals surface area (Å²) in [6, 6.07) is 0. The fourth-order valence-electron chi connectivity index (χ4n) is 3.84. The lowest BCUT2D eigenvalue weighted by Gasteiger charge is -2.30. The zero-order chi connectivity index (χ0) is 15.9. The molecule has 0 unspecified atom stereocenters. The van der Waals surface area contributed by atoms with Gasteiger partial charge in [-0.25, -0.2) is 0 Å². The molecule has 0 amide bonds. The molecule has 0 atom stereocenters. The Morgan fingerprint density at radius 1 is 0.318 bits per heavy atom. The van der Waals surface area contributed by atoms with Crippen LogP contribution in [0, 0.1) is 0 Å². The Kier molecular flexibility index (Phi) is 12.2. The van der Waals surface area contributed by atoms with Gasteiger partial charge in [-0.3, -0.25) is 0 Å². The minimum atomic E-state index is 1.25. The second-order valence-corrected chi connectivity index (χ2v) is 8.39. The Morgan fingerprint density at radius 2 is 0.500 bits per heavy atom. The molecule has 0 N–H and O–H groups in total. The van der Waals surface area contributed by atoms with E-state index in [-0.39, 0.29) is 0 Å². The van der Waals surface area contributed by atoms with E-state index in [1.165, 1.54) is 127 Å². The van der Waals surface area contributed by atoms with Gasteiger partial charge in [0.2, 0.25) is 0 Å². The van der Waals surface area contributed by atoms with Crippen molar-refractivity contribution in [2.24, 2.45) is 0 Å². The van der Waals surface area contributed by atoms with Crippen LogP contribution in [0.25, 0.3) is 0 Å². The Labute approximate surface area is 141 Å². The lowest BCUT2D eigenvalue weighted by molar-refractivity contribution is -0.890. The largest absolute Gasteiger partial charge is 0.328 e. The van der Waals surface area contributed by atoms with Crippen molar-refractivity contribution in [3.05, 3.63) is 0 Å².